The van der Waals surface area contributed by atoms with Crippen LogP contribution in [0.15, 0.2) is 58.5 Å². The summed E-state index contributed by atoms with van der Waals surface area (Å²) in [6.45, 7) is 2.05. The number of anilines is 2. The number of aryl methyl sites for hydroxylation is 1. The predicted molar refractivity (Wildman–Crippen MR) is 126 cm³/mol. The molecule has 2 amide bonds. The third kappa shape index (κ3) is 5.03. The lowest BCUT2D eigenvalue weighted by molar-refractivity contribution is -0.123. The molecule has 0 unspecified atom stereocenters. The van der Waals surface area contributed by atoms with E-state index >= 15 is 0 Å². The van der Waals surface area contributed by atoms with Crippen LogP contribution in [-0.2, 0) is 21.8 Å². The number of benzene rings is 2. The maximum absolute atomic E-state index is 12.9. The number of amides is 2. The summed E-state index contributed by atoms with van der Waals surface area (Å²) in [5, 5.41) is 6.44. The summed E-state index contributed by atoms with van der Waals surface area (Å²) in [6, 6.07) is 14.8. The van der Waals surface area contributed by atoms with Gasteiger partial charge >= 0.3 is 0 Å². The number of H-pyrrole nitrogens is 1. The zero-order chi connectivity index (χ0) is 22.7. The van der Waals surface area contributed by atoms with E-state index in [0.29, 0.717) is 21.6 Å². The first-order valence-corrected chi connectivity index (χ1v) is 11.5. The Labute approximate surface area is 194 Å². The monoisotopic (exact) mass is 468 g/mol. The summed E-state index contributed by atoms with van der Waals surface area (Å²) in [5.74, 6) is -1.00. The van der Waals surface area contributed by atoms with Crippen LogP contribution in [0.25, 0.3) is 0 Å². The van der Waals surface area contributed by atoms with Gasteiger partial charge in [0, 0.05) is 22.9 Å². The van der Waals surface area contributed by atoms with Crippen molar-refractivity contribution < 1.29 is 9.59 Å². The zero-order valence-corrected chi connectivity index (χ0v) is 18.8. The number of aromatic nitrogens is 2. The predicted octanol–water partition coefficient (Wildman–Crippen LogP) is 4.34. The molecule has 3 aromatic rings. The Bertz CT molecular complexity index is 1210. The van der Waals surface area contributed by atoms with E-state index in [-0.39, 0.29) is 23.7 Å². The molecule has 7 nitrogen and oxygen atoms in total. The van der Waals surface area contributed by atoms with Gasteiger partial charge in [0.15, 0.2) is 5.16 Å². The summed E-state index contributed by atoms with van der Waals surface area (Å²) in [4.78, 5) is 45.1. The number of thioether (sulfide) groups is 1. The Hall–Kier alpha value is -3.10. The highest BCUT2D eigenvalue weighted by Crippen LogP contribution is 2.31. The van der Waals surface area contributed by atoms with Crippen LogP contribution >= 0.6 is 23.4 Å². The smallest absolute Gasteiger partial charge is 0.257 e. The average Bonchev–Trinajstić information content (AvgIpc) is 2.78. The molecule has 1 aliphatic heterocycles. The number of hydrogen-bond acceptors (Lipinski definition) is 5. The van der Waals surface area contributed by atoms with Gasteiger partial charge in [0.2, 0.25) is 11.8 Å². The molecule has 4 rings (SSSR count). The van der Waals surface area contributed by atoms with Crippen molar-refractivity contribution in [3.05, 3.63) is 80.6 Å². The first-order chi connectivity index (χ1) is 15.4. The van der Waals surface area contributed by atoms with E-state index in [1.54, 1.807) is 24.3 Å². The van der Waals surface area contributed by atoms with Crippen molar-refractivity contribution in [2.24, 2.45) is 0 Å². The van der Waals surface area contributed by atoms with Crippen LogP contribution in [0.5, 0.6) is 0 Å². The minimum atomic E-state index is -0.920. The summed E-state index contributed by atoms with van der Waals surface area (Å²) >= 11 is 7.23. The molecule has 0 fully saturated rings. The fourth-order valence-corrected chi connectivity index (χ4v) is 4.37. The summed E-state index contributed by atoms with van der Waals surface area (Å²) in [5.41, 5.74) is 2.50. The van der Waals surface area contributed by atoms with Gasteiger partial charge in [-0.05, 0) is 41.8 Å². The van der Waals surface area contributed by atoms with Gasteiger partial charge in [0.1, 0.15) is 5.82 Å². The lowest BCUT2D eigenvalue weighted by Gasteiger charge is -2.23. The van der Waals surface area contributed by atoms with Gasteiger partial charge in [-0.3, -0.25) is 14.4 Å². The van der Waals surface area contributed by atoms with Crippen molar-refractivity contribution in [2.45, 2.75) is 36.6 Å². The van der Waals surface area contributed by atoms with Gasteiger partial charge < -0.3 is 15.6 Å². The SMILES string of the molecule is CCc1ccc(NC(=O)[C@H]2CC(=O)Nc3nc(SCc4ccc(Cl)cc4)[nH]c(=O)c32)cc1. The summed E-state index contributed by atoms with van der Waals surface area (Å²) in [6.07, 6.45) is 0.776. The van der Waals surface area contributed by atoms with E-state index in [9.17, 15) is 14.4 Å². The maximum Gasteiger partial charge on any atom is 0.257 e. The van der Waals surface area contributed by atoms with Gasteiger partial charge in [-0.25, -0.2) is 4.98 Å². The number of nitrogens with one attached hydrogen (secondary N) is 3. The van der Waals surface area contributed by atoms with Gasteiger partial charge in [-0.15, -0.1) is 0 Å². The fourth-order valence-electron chi connectivity index (χ4n) is 3.43. The van der Waals surface area contributed by atoms with E-state index in [2.05, 4.69) is 20.6 Å². The van der Waals surface area contributed by atoms with Crippen molar-refractivity contribution in [3.8, 4) is 0 Å². The highest BCUT2D eigenvalue weighted by Gasteiger charge is 2.34. The number of aromatic amines is 1. The number of rotatable bonds is 6. The molecule has 2 aromatic carbocycles. The van der Waals surface area contributed by atoms with Gasteiger partial charge in [-0.2, -0.15) is 0 Å². The Morgan fingerprint density at radius 3 is 2.50 bits per heavy atom. The molecule has 0 aliphatic carbocycles. The quantitative estimate of drug-likeness (QED) is 0.368. The van der Waals surface area contributed by atoms with E-state index in [1.165, 1.54) is 11.8 Å². The van der Waals surface area contributed by atoms with E-state index in [0.717, 1.165) is 17.5 Å². The number of fused-ring (bicyclic) bond motifs is 1. The van der Waals surface area contributed by atoms with E-state index < -0.39 is 17.4 Å². The Balaban J connectivity index is 1.54. The molecule has 0 radical (unpaired) electrons. The van der Waals surface area contributed by atoms with Gasteiger partial charge in [0.25, 0.3) is 5.56 Å². The third-order valence-corrected chi connectivity index (χ3v) is 6.36. The van der Waals surface area contributed by atoms with Crippen molar-refractivity contribution in [3.63, 3.8) is 0 Å². The Kier molecular flexibility index (Phi) is 6.62. The first kappa shape index (κ1) is 22.1. The number of hydrogen-bond donors (Lipinski definition) is 3. The number of halogens is 1. The fraction of sp³-hybridized carbons (Fsp3) is 0.217. The van der Waals surface area contributed by atoms with Crippen LogP contribution in [0.4, 0.5) is 11.5 Å². The Morgan fingerprint density at radius 1 is 1.12 bits per heavy atom. The summed E-state index contributed by atoms with van der Waals surface area (Å²) < 4.78 is 0. The van der Waals surface area contributed by atoms with Crippen molar-refractivity contribution >= 4 is 46.7 Å². The molecule has 0 bridgehead atoms. The van der Waals surface area contributed by atoms with Crippen molar-refractivity contribution in [1.29, 1.82) is 0 Å². The van der Waals surface area contributed by atoms with Gasteiger partial charge in [0.05, 0.1) is 11.5 Å². The molecule has 164 valence electrons. The molecule has 1 aliphatic rings. The molecule has 1 aromatic heterocycles. The van der Waals surface area contributed by atoms with E-state index in [4.69, 9.17) is 11.6 Å². The normalized spacial score (nSPS) is 15.1. The maximum atomic E-state index is 12.9. The highest BCUT2D eigenvalue weighted by atomic mass is 35.5. The average molecular weight is 469 g/mol. The topological polar surface area (TPSA) is 104 Å². The molecule has 1 atom stereocenters. The minimum absolute atomic E-state index is 0.117. The third-order valence-electron chi connectivity index (χ3n) is 5.16. The molecular weight excluding hydrogens is 448 g/mol. The van der Waals surface area contributed by atoms with Crippen LogP contribution in [0.3, 0.4) is 0 Å². The standard InChI is InChI=1S/C23H21ClN4O3S/c1-2-13-5-9-16(10-6-13)25-21(30)17-11-18(29)26-20-19(17)22(31)28-23(27-20)32-12-14-3-7-15(24)8-4-14/h3-10,17H,2,11-12H2,1H3,(H,25,30)(H2,26,27,28,29,31)/t17-/m0/s1. The van der Waals surface area contributed by atoms with Crippen molar-refractivity contribution in [1.82, 2.24) is 9.97 Å². The largest absolute Gasteiger partial charge is 0.326 e. The molecule has 9 heteroatoms. The second-order valence-corrected chi connectivity index (χ2v) is 8.79. The number of carbonyl (C=O) groups excluding carboxylic acids is 2. The molecule has 0 saturated carbocycles. The Morgan fingerprint density at radius 2 is 1.81 bits per heavy atom. The molecule has 3 N–H and O–H groups in total. The minimum Gasteiger partial charge on any atom is -0.326 e. The van der Waals surface area contributed by atoms with Crippen LogP contribution in [0.2, 0.25) is 5.02 Å². The van der Waals surface area contributed by atoms with Gasteiger partial charge in [-0.1, -0.05) is 54.6 Å². The second-order valence-electron chi connectivity index (χ2n) is 7.39. The van der Waals surface area contributed by atoms with Crippen LogP contribution in [-0.4, -0.2) is 21.8 Å². The van der Waals surface area contributed by atoms with Crippen LogP contribution < -0.4 is 16.2 Å². The van der Waals surface area contributed by atoms with E-state index in [1.807, 2.05) is 31.2 Å². The number of nitrogens with zero attached hydrogens (tertiary/aromatic N) is 1. The molecular formula is C23H21ClN4O3S. The molecule has 2 heterocycles. The highest BCUT2D eigenvalue weighted by molar-refractivity contribution is 7.98. The molecule has 0 spiro atoms. The number of carbonyl (C=O) groups is 2. The summed E-state index contributed by atoms with van der Waals surface area (Å²) in [7, 11) is 0. The van der Waals surface area contributed by atoms with Crippen molar-refractivity contribution in [2.75, 3.05) is 10.6 Å². The zero-order valence-electron chi connectivity index (χ0n) is 17.3. The second kappa shape index (κ2) is 9.58. The lowest BCUT2D eigenvalue weighted by atomic mass is 9.92. The van der Waals surface area contributed by atoms with Crippen LogP contribution in [0, 0.1) is 0 Å². The van der Waals surface area contributed by atoms with Crippen LogP contribution in [0.1, 0.15) is 36.0 Å². The molecule has 32 heavy (non-hydrogen) atoms. The first-order valence-electron chi connectivity index (χ1n) is 10.1. The lowest BCUT2D eigenvalue weighted by Crippen LogP contribution is -2.36. The molecule has 0 saturated heterocycles.